The van der Waals surface area contributed by atoms with E-state index in [4.69, 9.17) is 0 Å². The number of nitrogens with one attached hydrogen (secondary N) is 1. The fraction of sp³-hybridized carbons (Fsp3) is 0.400. The molecule has 1 aromatic carbocycles. The molecule has 0 radical (unpaired) electrons. The minimum Gasteiger partial charge on any atom is -0.355 e. The van der Waals surface area contributed by atoms with Gasteiger partial charge in [-0.2, -0.15) is 10.1 Å². The Morgan fingerprint density at radius 3 is 2.90 bits per heavy atom. The van der Waals surface area contributed by atoms with E-state index in [0.717, 1.165) is 24.6 Å². The summed E-state index contributed by atoms with van der Waals surface area (Å²) in [5, 5.41) is 11.3. The summed E-state index contributed by atoms with van der Waals surface area (Å²) >= 11 is 0. The van der Waals surface area contributed by atoms with Gasteiger partial charge in [-0.25, -0.2) is 0 Å². The lowest BCUT2D eigenvalue weighted by atomic mass is 10.0. The lowest BCUT2D eigenvalue weighted by Gasteiger charge is -2.31. The second-order valence-corrected chi connectivity index (χ2v) is 5.32. The fourth-order valence-corrected chi connectivity index (χ4v) is 2.55. The average molecular weight is 269 g/mol. The van der Waals surface area contributed by atoms with Gasteiger partial charge in [0.25, 0.3) is 0 Å². The molecular weight excluding hydrogens is 250 g/mol. The Kier molecular flexibility index (Phi) is 3.76. The number of anilines is 3. The zero-order chi connectivity index (χ0) is 13.8. The third-order valence-electron chi connectivity index (χ3n) is 3.56. The zero-order valence-corrected chi connectivity index (χ0v) is 11.7. The van der Waals surface area contributed by atoms with Crippen molar-refractivity contribution in [3.63, 3.8) is 0 Å². The van der Waals surface area contributed by atoms with Gasteiger partial charge in [-0.1, -0.05) is 25.1 Å². The second kappa shape index (κ2) is 5.86. The molecule has 0 bridgehead atoms. The van der Waals surface area contributed by atoms with E-state index in [1.54, 1.807) is 6.20 Å². The first-order valence-corrected chi connectivity index (χ1v) is 7.08. The molecule has 1 aliphatic rings. The number of benzene rings is 1. The summed E-state index contributed by atoms with van der Waals surface area (Å²) in [6, 6.07) is 9.91. The summed E-state index contributed by atoms with van der Waals surface area (Å²) < 4.78 is 0. The number of aromatic nitrogens is 3. The summed E-state index contributed by atoms with van der Waals surface area (Å²) in [5.74, 6) is 2.17. The van der Waals surface area contributed by atoms with E-state index in [-0.39, 0.29) is 0 Å². The maximum absolute atomic E-state index is 4.57. The Labute approximate surface area is 119 Å². The number of nitrogens with zero attached hydrogens (tertiary/aromatic N) is 4. The monoisotopic (exact) mass is 269 g/mol. The largest absolute Gasteiger partial charge is 0.355 e. The highest BCUT2D eigenvalue weighted by molar-refractivity contribution is 5.54. The van der Waals surface area contributed by atoms with Gasteiger partial charge in [-0.15, -0.1) is 5.10 Å². The van der Waals surface area contributed by atoms with Gasteiger partial charge < -0.3 is 10.2 Å². The molecule has 104 valence electrons. The van der Waals surface area contributed by atoms with E-state index in [1.165, 1.54) is 12.8 Å². The van der Waals surface area contributed by atoms with Gasteiger partial charge in [0.1, 0.15) is 0 Å². The molecule has 20 heavy (non-hydrogen) atoms. The molecule has 1 saturated heterocycles. The summed E-state index contributed by atoms with van der Waals surface area (Å²) in [4.78, 5) is 6.86. The Morgan fingerprint density at radius 2 is 2.10 bits per heavy atom. The van der Waals surface area contributed by atoms with Crippen LogP contribution < -0.4 is 10.2 Å². The van der Waals surface area contributed by atoms with Crippen LogP contribution in [0.15, 0.2) is 36.5 Å². The van der Waals surface area contributed by atoms with Crippen molar-refractivity contribution < 1.29 is 0 Å². The van der Waals surface area contributed by atoms with Gasteiger partial charge in [0.05, 0.1) is 6.20 Å². The molecule has 0 aliphatic carbocycles. The number of hydrogen-bond donors (Lipinski definition) is 1. The van der Waals surface area contributed by atoms with Gasteiger partial charge in [0.15, 0.2) is 5.82 Å². The highest BCUT2D eigenvalue weighted by atomic mass is 15.3. The molecule has 0 amide bonds. The van der Waals surface area contributed by atoms with Crippen LogP contribution in [0.5, 0.6) is 0 Å². The first-order valence-electron chi connectivity index (χ1n) is 7.08. The molecular formula is C15H19N5. The summed E-state index contributed by atoms with van der Waals surface area (Å²) in [6.45, 7) is 4.38. The molecule has 0 saturated carbocycles. The second-order valence-electron chi connectivity index (χ2n) is 5.32. The number of rotatable bonds is 3. The van der Waals surface area contributed by atoms with Crippen LogP contribution in [0.3, 0.4) is 0 Å². The molecule has 1 fully saturated rings. The van der Waals surface area contributed by atoms with Crippen molar-refractivity contribution in [2.24, 2.45) is 5.92 Å². The molecule has 0 spiro atoms. The van der Waals surface area contributed by atoms with Crippen molar-refractivity contribution >= 4 is 17.5 Å². The molecule has 1 aliphatic heterocycles. The molecule has 1 N–H and O–H groups in total. The number of hydrogen-bond acceptors (Lipinski definition) is 5. The van der Waals surface area contributed by atoms with Crippen molar-refractivity contribution in [1.82, 2.24) is 15.2 Å². The standard InChI is InChI=1S/C15H19N5/c1-12-6-5-9-20(11-12)14-10-16-19-15(18-14)17-13-7-3-2-4-8-13/h2-4,7-8,10,12H,5-6,9,11H2,1H3,(H,17,18,19). The Morgan fingerprint density at radius 1 is 1.25 bits per heavy atom. The minimum atomic E-state index is 0.548. The van der Waals surface area contributed by atoms with Gasteiger partial charge in [-0.05, 0) is 30.9 Å². The van der Waals surface area contributed by atoms with Crippen molar-refractivity contribution in [1.29, 1.82) is 0 Å². The Bertz CT molecular complexity index is 557. The van der Waals surface area contributed by atoms with Crippen LogP contribution >= 0.6 is 0 Å². The quantitative estimate of drug-likeness (QED) is 0.928. The van der Waals surface area contributed by atoms with E-state index in [0.29, 0.717) is 11.9 Å². The highest BCUT2D eigenvalue weighted by Crippen LogP contribution is 2.21. The van der Waals surface area contributed by atoms with E-state index < -0.39 is 0 Å². The molecule has 1 aromatic heterocycles. The Hall–Kier alpha value is -2.17. The average Bonchev–Trinajstić information content (AvgIpc) is 2.49. The van der Waals surface area contributed by atoms with Crippen LogP contribution in [0.2, 0.25) is 0 Å². The van der Waals surface area contributed by atoms with Crippen LogP contribution in [-0.4, -0.2) is 28.3 Å². The summed E-state index contributed by atoms with van der Waals surface area (Å²) in [5.41, 5.74) is 0.971. The molecule has 5 nitrogen and oxygen atoms in total. The van der Waals surface area contributed by atoms with E-state index in [2.05, 4.69) is 32.3 Å². The highest BCUT2D eigenvalue weighted by Gasteiger charge is 2.18. The Balaban J connectivity index is 1.75. The molecule has 3 rings (SSSR count). The van der Waals surface area contributed by atoms with E-state index in [1.807, 2.05) is 30.3 Å². The summed E-state index contributed by atoms with van der Waals surface area (Å²) in [6.07, 6.45) is 4.25. The van der Waals surface area contributed by atoms with Crippen LogP contribution in [0.25, 0.3) is 0 Å². The fourth-order valence-electron chi connectivity index (χ4n) is 2.55. The molecule has 2 aromatic rings. The minimum absolute atomic E-state index is 0.548. The third kappa shape index (κ3) is 3.04. The topological polar surface area (TPSA) is 53.9 Å². The molecule has 1 unspecified atom stereocenters. The lowest BCUT2D eigenvalue weighted by Crippen LogP contribution is -2.35. The van der Waals surface area contributed by atoms with Gasteiger partial charge in [-0.3, -0.25) is 0 Å². The predicted molar refractivity (Wildman–Crippen MR) is 80.2 cm³/mol. The third-order valence-corrected chi connectivity index (χ3v) is 3.56. The maximum atomic E-state index is 4.57. The zero-order valence-electron chi connectivity index (χ0n) is 11.7. The number of para-hydroxylation sites is 1. The van der Waals surface area contributed by atoms with Gasteiger partial charge in [0.2, 0.25) is 5.95 Å². The number of piperidine rings is 1. The first-order chi connectivity index (χ1) is 9.81. The predicted octanol–water partition coefficient (Wildman–Crippen LogP) is 2.85. The van der Waals surface area contributed by atoms with Crippen molar-refractivity contribution in [2.75, 3.05) is 23.3 Å². The molecule has 1 atom stereocenters. The SMILES string of the molecule is CC1CCCN(c2cnnc(Nc3ccccc3)n2)C1. The van der Waals surface area contributed by atoms with Gasteiger partial charge in [0, 0.05) is 18.8 Å². The van der Waals surface area contributed by atoms with Gasteiger partial charge >= 0.3 is 0 Å². The van der Waals surface area contributed by atoms with Crippen LogP contribution in [-0.2, 0) is 0 Å². The van der Waals surface area contributed by atoms with Crippen LogP contribution in [0, 0.1) is 5.92 Å². The maximum Gasteiger partial charge on any atom is 0.249 e. The van der Waals surface area contributed by atoms with Crippen molar-refractivity contribution in [3.05, 3.63) is 36.5 Å². The summed E-state index contributed by atoms with van der Waals surface area (Å²) in [7, 11) is 0. The van der Waals surface area contributed by atoms with Crippen molar-refractivity contribution in [2.45, 2.75) is 19.8 Å². The van der Waals surface area contributed by atoms with Crippen LogP contribution in [0.1, 0.15) is 19.8 Å². The van der Waals surface area contributed by atoms with Crippen LogP contribution in [0.4, 0.5) is 17.5 Å². The smallest absolute Gasteiger partial charge is 0.249 e. The lowest BCUT2D eigenvalue weighted by molar-refractivity contribution is 0.444. The van der Waals surface area contributed by atoms with E-state index in [9.17, 15) is 0 Å². The molecule has 5 heteroatoms. The van der Waals surface area contributed by atoms with Crippen molar-refractivity contribution in [3.8, 4) is 0 Å². The van der Waals surface area contributed by atoms with E-state index >= 15 is 0 Å². The molecule has 2 heterocycles. The first kappa shape index (κ1) is 12.8. The normalized spacial score (nSPS) is 18.9.